The molecule has 98 valence electrons. The molecule has 0 aromatic heterocycles. The molecule has 0 aliphatic heterocycles. The molecule has 0 aromatic carbocycles. The zero-order chi connectivity index (χ0) is 13.1. The molecule has 3 nitrogen and oxygen atoms in total. The number of likely N-dealkylation sites (N-methyl/N-ethyl adjacent to an activating group) is 1. The number of nitrogens with two attached hydrogens (primary N) is 1. The van der Waals surface area contributed by atoms with Crippen LogP contribution in [-0.4, -0.2) is 34.8 Å². The van der Waals surface area contributed by atoms with Crippen LogP contribution in [0, 0.1) is 5.92 Å². The minimum absolute atomic E-state index is 0.101. The van der Waals surface area contributed by atoms with Crippen LogP contribution in [0.25, 0.3) is 0 Å². The third-order valence-corrected chi connectivity index (χ3v) is 3.24. The van der Waals surface area contributed by atoms with Crippen molar-refractivity contribution in [2.45, 2.75) is 38.5 Å². The second kappa shape index (κ2) is 5.71. The number of carbonyl (C=O) groups is 1. The lowest BCUT2D eigenvalue weighted by Gasteiger charge is -2.31. The first-order valence-electron chi connectivity index (χ1n) is 5.80. The van der Waals surface area contributed by atoms with Crippen molar-refractivity contribution in [2.24, 2.45) is 11.7 Å². The lowest BCUT2D eigenvalue weighted by molar-refractivity contribution is -0.138. The lowest BCUT2D eigenvalue weighted by Crippen LogP contribution is -2.42. The maximum atomic E-state index is 13.0. The van der Waals surface area contributed by atoms with Gasteiger partial charge in [0.15, 0.2) is 0 Å². The fraction of sp³-hybridized carbons (Fsp3) is 0.818. The van der Waals surface area contributed by atoms with Crippen LogP contribution in [0.15, 0.2) is 0 Å². The monoisotopic (exact) mass is 264 g/mol. The highest BCUT2D eigenvalue weighted by molar-refractivity contribution is 7.80. The summed E-state index contributed by atoms with van der Waals surface area (Å²) in [5.41, 5.74) is 5.40. The minimum atomic E-state index is -2.60. The second-order valence-electron chi connectivity index (χ2n) is 4.45. The highest BCUT2D eigenvalue weighted by Crippen LogP contribution is 2.36. The van der Waals surface area contributed by atoms with E-state index in [1.807, 2.05) is 6.92 Å². The summed E-state index contributed by atoms with van der Waals surface area (Å²) in [6.45, 7) is 2.56. The first-order valence-corrected chi connectivity index (χ1v) is 6.21. The van der Waals surface area contributed by atoms with Gasteiger partial charge in [-0.25, -0.2) is 8.78 Å². The van der Waals surface area contributed by atoms with E-state index in [1.54, 1.807) is 0 Å². The van der Waals surface area contributed by atoms with Crippen LogP contribution in [0.1, 0.15) is 32.6 Å². The first-order chi connectivity index (χ1) is 7.85. The van der Waals surface area contributed by atoms with Gasteiger partial charge in [-0.05, 0) is 19.8 Å². The Morgan fingerprint density at radius 3 is 2.41 bits per heavy atom. The van der Waals surface area contributed by atoms with E-state index in [9.17, 15) is 13.6 Å². The Kier molecular flexibility index (Phi) is 4.80. The van der Waals surface area contributed by atoms with Crippen molar-refractivity contribution >= 4 is 23.1 Å². The molecule has 1 fully saturated rings. The molecule has 0 aromatic rings. The van der Waals surface area contributed by atoms with Gasteiger partial charge < -0.3 is 10.6 Å². The predicted octanol–water partition coefficient (Wildman–Crippen LogP) is 1.95. The standard InChI is InChI=1S/C11H18F2N2OS/c1-2-15(7-9(14)17)10(16)8-3-5-11(12,13)6-4-8/h8H,2-7H2,1H3,(H2,14,17). The summed E-state index contributed by atoms with van der Waals surface area (Å²) < 4.78 is 25.9. The van der Waals surface area contributed by atoms with E-state index in [2.05, 4.69) is 0 Å². The first kappa shape index (κ1) is 14.3. The largest absolute Gasteiger partial charge is 0.392 e. The summed E-state index contributed by atoms with van der Waals surface area (Å²) in [6, 6.07) is 0. The fourth-order valence-electron chi connectivity index (χ4n) is 2.08. The lowest BCUT2D eigenvalue weighted by atomic mass is 9.86. The number of amides is 1. The number of thiocarbonyl (C=S) groups is 1. The van der Waals surface area contributed by atoms with Crippen molar-refractivity contribution in [3.8, 4) is 0 Å². The van der Waals surface area contributed by atoms with Crippen molar-refractivity contribution in [2.75, 3.05) is 13.1 Å². The number of hydrogen-bond acceptors (Lipinski definition) is 2. The molecular weight excluding hydrogens is 246 g/mol. The van der Waals surface area contributed by atoms with Crippen LogP contribution >= 0.6 is 12.2 Å². The quantitative estimate of drug-likeness (QED) is 0.789. The molecule has 6 heteroatoms. The number of hydrogen-bond donors (Lipinski definition) is 1. The fourth-order valence-corrected chi connectivity index (χ4v) is 2.23. The minimum Gasteiger partial charge on any atom is -0.392 e. The van der Waals surface area contributed by atoms with Gasteiger partial charge in [0.2, 0.25) is 11.8 Å². The molecule has 0 bridgehead atoms. The van der Waals surface area contributed by atoms with Crippen LogP contribution in [-0.2, 0) is 4.79 Å². The van der Waals surface area contributed by atoms with Crippen molar-refractivity contribution < 1.29 is 13.6 Å². The molecular formula is C11H18F2N2OS. The van der Waals surface area contributed by atoms with Crippen molar-refractivity contribution in [1.82, 2.24) is 4.90 Å². The Hall–Kier alpha value is -0.780. The van der Waals surface area contributed by atoms with E-state index in [0.717, 1.165) is 0 Å². The number of rotatable bonds is 4. The van der Waals surface area contributed by atoms with E-state index in [4.69, 9.17) is 18.0 Å². The zero-order valence-corrected chi connectivity index (χ0v) is 10.7. The third-order valence-electron chi connectivity index (χ3n) is 3.11. The average molecular weight is 264 g/mol. The van der Waals surface area contributed by atoms with Gasteiger partial charge >= 0.3 is 0 Å². The SMILES string of the molecule is CCN(CC(N)=S)C(=O)C1CCC(F)(F)CC1. The number of halogens is 2. The molecule has 0 radical (unpaired) electrons. The Balaban J connectivity index is 2.55. The van der Waals surface area contributed by atoms with E-state index >= 15 is 0 Å². The topological polar surface area (TPSA) is 46.3 Å². The van der Waals surface area contributed by atoms with Gasteiger partial charge in [0.1, 0.15) is 0 Å². The summed E-state index contributed by atoms with van der Waals surface area (Å²) in [6.07, 6.45) is 0.0986. The summed E-state index contributed by atoms with van der Waals surface area (Å²) >= 11 is 4.76. The molecule has 17 heavy (non-hydrogen) atoms. The van der Waals surface area contributed by atoms with Crippen LogP contribution in [0.5, 0.6) is 0 Å². The third kappa shape index (κ3) is 4.18. The Morgan fingerprint density at radius 1 is 1.47 bits per heavy atom. The highest BCUT2D eigenvalue weighted by atomic mass is 32.1. The number of nitrogens with zero attached hydrogens (tertiary/aromatic N) is 1. The normalized spacial score (nSPS) is 19.9. The molecule has 2 N–H and O–H groups in total. The van der Waals surface area contributed by atoms with Crippen LogP contribution in [0.2, 0.25) is 0 Å². The maximum absolute atomic E-state index is 13.0. The van der Waals surface area contributed by atoms with Gasteiger partial charge in [0.05, 0.1) is 11.5 Å². The van der Waals surface area contributed by atoms with Gasteiger partial charge in [-0.15, -0.1) is 0 Å². The molecule has 0 saturated heterocycles. The van der Waals surface area contributed by atoms with E-state index in [1.165, 1.54) is 4.90 Å². The van der Waals surface area contributed by atoms with Gasteiger partial charge in [-0.3, -0.25) is 4.79 Å². The van der Waals surface area contributed by atoms with E-state index < -0.39 is 5.92 Å². The summed E-state index contributed by atoms with van der Waals surface area (Å²) in [4.78, 5) is 13.8. The molecule has 0 heterocycles. The molecule has 0 spiro atoms. The van der Waals surface area contributed by atoms with Crippen molar-refractivity contribution in [3.63, 3.8) is 0 Å². The van der Waals surface area contributed by atoms with Crippen molar-refractivity contribution in [1.29, 1.82) is 0 Å². The molecule has 1 rings (SSSR count). The Bertz CT molecular complexity index is 300. The van der Waals surface area contributed by atoms with Crippen LogP contribution in [0.4, 0.5) is 8.78 Å². The Labute approximate surface area is 105 Å². The maximum Gasteiger partial charge on any atom is 0.248 e. The smallest absolute Gasteiger partial charge is 0.248 e. The van der Waals surface area contributed by atoms with Gasteiger partial charge in [0, 0.05) is 25.3 Å². The summed E-state index contributed by atoms with van der Waals surface area (Å²) in [5, 5.41) is 0. The average Bonchev–Trinajstić information content (AvgIpc) is 2.24. The van der Waals surface area contributed by atoms with Crippen LogP contribution < -0.4 is 5.73 Å². The second-order valence-corrected chi connectivity index (χ2v) is 4.97. The number of carbonyl (C=O) groups excluding carboxylic acids is 1. The van der Waals surface area contributed by atoms with Crippen LogP contribution in [0.3, 0.4) is 0 Å². The summed E-state index contributed by atoms with van der Waals surface area (Å²) in [7, 11) is 0. The molecule has 1 saturated carbocycles. The van der Waals surface area contributed by atoms with E-state index in [-0.39, 0.29) is 49.0 Å². The van der Waals surface area contributed by atoms with Gasteiger partial charge in [-0.1, -0.05) is 12.2 Å². The van der Waals surface area contributed by atoms with Crippen molar-refractivity contribution in [3.05, 3.63) is 0 Å². The summed E-state index contributed by atoms with van der Waals surface area (Å²) in [5.74, 6) is -3.00. The molecule has 0 atom stereocenters. The zero-order valence-electron chi connectivity index (χ0n) is 9.92. The Morgan fingerprint density at radius 2 is 2.00 bits per heavy atom. The van der Waals surface area contributed by atoms with Gasteiger partial charge in [0.25, 0.3) is 0 Å². The number of alkyl halides is 2. The molecule has 1 aliphatic rings. The van der Waals surface area contributed by atoms with E-state index in [0.29, 0.717) is 6.54 Å². The predicted molar refractivity (Wildman–Crippen MR) is 65.9 cm³/mol. The molecule has 1 amide bonds. The molecule has 1 aliphatic carbocycles. The highest BCUT2D eigenvalue weighted by Gasteiger charge is 2.38. The molecule has 0 unspecified atom stereocenters. The van der Waals surface area contributed by atoms with Gasteiger partial charge in [-0.2, -0.15) is 0 Å².